The Bertz CT molecular complexity index is 1110. The monoisotopic (exact) mass is 412 g/mol. The molecule has 5 heteroatoms. The van der Waals surface area contributed by atoms with Crippen LogP contribution >= 0.6 is 0 Å². The van der Waals surface area contributed by atoms with Crippen LogP contribution in [0.15, 0.2) is 90.6 Å². The summed E-state index contributed by atoms with van der Waals surface area (Å²) in [5.74, 6) is 2.56. The number of hydrogen-bond donors (Lipinski definition) is 0. The molecule has 2 heterocycles. The summed E-state index contributed by atoms with van der Waals surface area (Å²) < 4.78 is 17.3. The van der Waals surface area contributed by atoms with Crippen molar-refractivity contribution in [3.05, 3.63) is 102 Å². The lowest BCUT2D eigenvalue weighted by molar-refractivity contribution is -0.0190. The molecule has 0 bridgehead atoms. The normalized spacial score (nSPS) is 19.0. The van der Waals surface area contributed by atoms with Crippen LogP contribution in [0.3, 0.4) is 0 Å². The van der Waals surface area contributed by atoms with E-state index in [4.69, 9.17) is 19.3 Å². The zero-order chi connectivity index (χ0) is 21.2. The summed E-state index contributed by atoms with van der Waals surface area (Å²) in [6.45, 7) is 4.18. The summed E-state index contributed by atoms with van der Waals surface area (Å²) in [6, 6.07) is 24.4. The molecule has 0 aromatic heterocycles. The molecule has 2 aliphatic rings. The predicted molar refractivity (Wildman–Crippen MR) is 121 cm³/mol. The summed E-state index contributed by atoms with van der Waals surface area (Å²) in [6.07, 6.45) is 2.27. The SMILES string of the molecule is C=CCOc1ccc(C2=NN3[C@@H](C2)c2ccccc2O[C@H]3c2ccc(OC)cc2)cc1. The maximum atomic E-state index is 6.40. The smallest absolute Gasteiger partial charge is 0.213 e. The molecule has 0 saturated carbocycles. The highest BCUT2D eigenvalue weighted by molar-refractivity contribution is 6.02. The van der Waals surface area contributed by atoms with Crippen LogP contribution < -0.4 is 14.2 Å². The maximum absolute atomic E-state index is 6.40. The molecule has 156 valence electrons. The minimum Gasteiger partial charge on any atom is -0.497 e. The number of para-hydroxylation sites is 1. The number of hydrogen-bond acceptors (Lipinski definition) is 5. The predicted octanol–water partition coefficient (Wildman–Crippen LogP) is 5.50. The van der Waals surface area contributed by atoms with E-state index in [2.05, 4.69) is 35.9 Å². The van der Waals surface area contributed by atoms with Crippen LogP contribution in [-0.2, 0) is 0 Å². The van der Waals surface area contributed by atoms with Crippen LogP contribution in [-0.4, -0.2) is 24.4 Å². The van der Waals surface area contributed by atoms with Crippen LogP contribution in [0.1, 0.15) is 35.4 Å². The Kier molecular flexibility index (Phi) is 5.08. The molecular formula is C26H24N2O3. The number of benzene rings is 3. The van der Waals surface area contributed by atoms with Crippen molar-refractivity contribution in [3.63, 3.8) is 0 Å². The van der Waals surface area contributed by atoms with Gasteiger partial charge in [0.15, 0.2) is 0 Å². The third-order valence-corrected chi connectivity index (χ3v) is 5.66. The van der Waals surface area contributed by atoms with E-state index in [0.29, 0.717) is 6.61 Å². The zero-order valence-corrected chi connectivity index (χ0v) is 17.4. The molecule has 5 nitrogen and oxygen atoms in total. The second-order valence-corrected chi connectivity index (χ2v) is 7.55. The first-order valence-corrected chi connectivity index (χ1v) is 10.4. The number of fused-ring (bicyclic) bond motifs is 3. The van der Waals surface area contributed by atoms with E-state index < -0.39 is 0 Å². The number of nitrogens with zero attached hydrogens (tertiary/aromatic N) is 2. The van der Waals surface area contributed by atoms with Gasteiger partial charge in [-0.2, -0.15) is 5.10 Å². The van der Waals surface area contributed by atoms with Gasteiger partial charge in [0.25, 0.3) is 0 Å². The highest BCUT2D eigenvalue weighted by Crippen LogP contribution is 2.47. The van der Waals surface area contributed by atoms with Crippen molar-refractivity contribution >= 4 is 5.71 Å². The van der Waals surface area contributed by atoms with Crippen molar-refractivity contribution in [2.75, 3.05) is 13.7 Å². The van der Waals surface area contributed by atoms with E-state index >= 15 is 0 Å². The van der Waals surface area contributed by atoms with Crippen molar-refractivity contribution in [1.29, 1.82) is 0 Å². The van der Waals surface area contributed by atoms with Gasteiger partial charge in [-0.25, -0.2) is 5.01 Å². The average molecular weight is 412 g/mol. The molecule has 3 aromatic rings. The Morgan fingerprint density at radius 3 is 2.52 bits per heavy atom. The van der Waals surface area contributed by atoms with Gasteiger partial charge in [0.2, 0.25) is 6.23 Å². The van der Waals surface area contributed by atoms with Crippen LogP contribution in [0.2, 0.25) is 0 Å². The van der Waals surface area contributed by atoms with E-state index in [9.17, 15) is 0 Å². The zero-order valence-electron chi connectivity index (χ0n) is 17.4. The molecule has 0 spiro atoms. The molecule has 0 fully saturated rings. The summed E-state index contributed by atoms with van der Waals surface area (Å²) in [5, 5.41) is 7.09. The Morgan fingerprint density at radius 2 is 1.77 bits per heavy atom. The largest absolute Gasteiger partial charge is 0.497 e. The minimum atomic E-state index is -0.293. The lowest BCUT2D eigenvalue weighted by atomic mass is 9.96. The fourth-order valence-electron chi connectivity index (χ4n) is 4.10. The molecule has 31 heavy (non-hydrogen) atoms. The third-order valence-electron chi connectivity index (χ3n) is 5.66. The minimum absolute atomic E-state index is 0.128. The van der Waals surface area contributed by atoms with Crippen LogP contribution in [0.5, 0.6) is 17.2 Å². The van der Waals surface area contributed by atoms with E-state index in [1.807, 2.05) is 48.5 Å². The maximum Gasteiger partial charge on any atom is 0.213 e. The van der Waals surface area contributed by atoms with Crippen molar-refractivity contribution in [2.24, 2.45) is 5.10 Å². The quantitative estimate of drug-likeness (QED) is 0.501. The fourth-order valence-corrected chi connectivity index (χ4v) is 4.10. The molecule has 2 atom stereocenters. The van der Waals surface area contributed by atoms with Gasteiger partial charge in [-0.3, -0.25) is 0 Å². The molecule has 5 rings (SSSR count). The summed E-state index contributed by atoms with van der Waals surface area (Å²) in [4.78, 5) is 0. The van der Waals surface area contributed by atoms with Crippen molar-refractivity contribution < 1.29 is 14.2 Å². The summed E-state index contributed by atoms with van der Waals surface area (Å²) in [7, 11) is 1.67. The average Bonchev–Trinajstić information content (AvgIpc) is 3.28. The number of hydrazone groups is 1. The number of methoxy groups -OCH3 is 1. The van der Waals surface area contributed by atoms with Gasteiger partial charge in [-0.15, -0.1) is 0 Å². The van der Waals surface area contributed by atoms with Gasteiger partial charge in [0.1, 0.15) is 23.9 Å². The van der Waals surface area contributed by atoms with Gasteiger partial charge >= 0.3 is 0 Å². The molecule has 0 N–H and O–H groups in total. The molecular weight excluding hydrogens is 388 g/mol. The molecule has 0 amide bonds. The Balaban J connectivity index is 1.48. The van der Waals surface area contributed by atoms with Gasteiger partial charge in [-0.1, -0.05) is 30.9 Å². The second-order valence-electron chi connectivity index (χ2n) is 7.55. The third kappa shape index (κ3) is 3.63. The van der Waals surface area contributed by atoms with E-state index in [-0.39, 0.29) is 12.3 Å². The molecule has 3 aromatic carbocycles. The van der Waals surface area contributed by atoms with Crippen LogP contribution in [0, 0.1) is 0 Å². The van der Waals surface area contributed by atoms with Gasteiger partial charge in [-0.05, 0) is 60.2 Å². The summed E-state index contributed by atoms with van der Waals surface area (Å²) >= 11 is 0. The highest BCUT2D eigenvalue weighted by Gasteiger charge is 2.40. The van der Waals surface area contributed by atoms with Gasteiger partial charge < -0.3 is 14.2 Å². The van der Waals surface area contributed by atoms with E-state index in [1.54, 1.807) is 13.2 Å². The van der Waals surface area contributed by atoms with Crippen molar-refractivity contribution in [3.8, 4) is 17.2 Å². The first-order chi connectivity index (χ1) is 15.3. The fraction of sp³-hybridized carbons (Fsp3) is 0.192. The van der Waals surface area contributed by atoms with E-state index in [0.717, 1.165) is 46.1 Å². The number of rotatable bonds is 6. The lowest BCUT2D eigenvalue weighted by Crippen LogP contribution is -2.33. The first-order valence-electron chi connectivity index (χ1n) is 10.4. The summed E-state index contributed by atoms with van der Waals surface area (Å²) in [5.41, 5.74) is 4.33. The second kappa shape index (κ2) is 8.19. The van der Waals surface area contributed by atoms with E-state index in [1.165, 1.54) is 0 Å². The van der Waals surface area contributed by atoms with Crippen LogP contribution in [0.4, 0.5) is 0 Å². The van der Waals surface area contributed by atoms with Crippen molar-refractivity contribution in [1.82, 2.24) is 5.01 Å². The molecule has 0 unspecified atom stereocenters. The Labute approximate surface area is 182 Å². The van der Waals surface area contributed by atoms with Crippen LogP contribution in [0.25, 0.3) is 0 Å². The van der Waals surface area contributed by atoms with Gasteiger partial charge in [0, 0.05) is 17.5 Å². The molecule has 2 aliphatic heterocycles. The van der Waals surface area contributed by atoms with Gasteiger partial charge in [0.05, 0.1) is 18.9 Å². The molecule has 0 saturated heterocycles. The first kappa shape index (κ1) is 19.2. The lowest BCUT2D eigenvalue weighted by Gasteiger charge is -2.38. The number of ether oxygens (including phenoxy) is 3. The van der Waals surface area contributed by atoms with Crippen molar-refractivity contribution in [2.45, 2.75) is 18.7 Å². The standard InChI is InChI=1S/C26H24N2O3/c1-3-16-30-21-14-8-18(9-15-21)23-17-24-22-6-4-5-7-25(22)31-26(28(24)27-23)19-10-12-20(29-2)13-11-19/h3-15,24,26H,1,16-17H2,2H3/t24-,26-/m0/s1. The molecule has 0 radical (unpaired) electrons. The molecule has 0 aliphatic carbocycles. The highest BCUT2D eigenvalue weighted by atomic mass is 16.5. The Morgan fingerprint density at radius 1 is 1.03 bits per heavy atom. The topological polar surface area (TPSA) is 43.3 Å². The Hall–Kier alpha value is -3.73.